The summed E-state index contributed by atoms with van der Waals surface area (Å²) in [6.07, 6.45) is 0. The zero-order chi connectivity index (χ0) is 22.8. The fourth-order valence-electron chi connectivity index (χ4n) is 3.38. The Bertz CT molecular complexity index is 1300. The summed E-state index contributed by atoms with van der Waals surface area (Å²) in [4.78, 5) is 27.4. The smallest absolute Gasteiger partial charge is 0.339 e. The van der Waals surface area contributed by atoms with Crippen molar-refractivity contribution in [3.05, 3.63) is 75.1 Å². The van der Waals surface area contributed by atoms with Gasteiger partial charge in [-0.05, 0) is 48.6 Å². The van der Waals surface area contributed by atoms with E-state index in [1.165, 1.54) is 24.3 Å². The molecule has 31 heavy (non-hydrogen) atoms. The normalized spacial score (nSPS) is 11.8. The van der Waals surface area contributed by atoms with Crippen LogP contribution in [0.25, 0.3) is 10.9 Å². The maximum atomic E-state index is 13.3. The Morgan fingerprint density at radius 1 is 1.16 bits per heavy atom. The zero-order valence-electron chi connectivity index (χ0n) is 17.5. The number of H-pyrrole nitrogens is 1. The summed E-state index contributed by atoms with van der Waals surface area (Å²) in [5, 5.41) is 10.2. The van der Waals surface area contributed by atoms with Crippen molar-refractivity contribution >= 4 is 26.9 Å². The first-order valence-corrected chi connectivity index (χ1v) is 11.0. The number of benzene rings is 2. The number of aromatic amines is 1. The van der Waals surface area contributed by atoms with E-state index in [1.807, 2.05) is 26.0 Å². The number of carbonyl (C=O) groups is 1. The lowest BCUT2D eigenvalue weighted by Crippen LogP contribution is -2.35. The monoisotopic (exact) mass is 444 g/mol. The van der Waals surface area contributed by atoms with Crippen molar-refractivity contribution in [2.75, 3.05) is 20.3 Å². The van der Waals surface area contributed by atoms with Crippen LogP contribution >= 0.6 is 0 Å². The molecule has 1 aromatic heterocycles. The predicted octanol–water partition coefficient (Wildman–Crippen LogP) is 2.11. The second kappa shape index (κ2) is 9.01. The van der Waals surface area contributed by atoms with Gasteiger partial charge in [0, 0.05) is 18.7 Å². The molecular formula is C22H24N2O6S. The van der Waals surface area contributed by atoms with E-state index in [-0.39, 0.29) is 29.1 Å². The van der Waals surface area contributed by atoms with Crippen LogP contribution in [0.1, 0.15) is 27.0 Å². The molecule has 2 N–H and O–H groups in total. The van der Waals surface area contributed by atoms with Gasteiger partial charge in [0.25, 0.3) is 5.56 Å². The van der Waals surface area contributed by atoms with Crippen LogP contribution in [0.5, 0.6) is 0 Å². The number of nitrogens with zero attached hydrogens (tertiary/aromatic N) is 1. The number of ether oxygens (including phenoxy) is 1. The minimum atomic E-state index is -4.21. The molecule has 0 unspecified atom stereocenters. The summed E-state index contributed by atoms with van der Waals surface area (Å²) >= 11 is 0. The quantitative estimate of drug-likeness (QED) is 0.539. The maximum Gasteiger partial charge on any atom is 0.339 e. The summed E-state index contributed by atoms with van der Waals surface area (Å²) in [7, 11) is -3.05. The molecule has 2 aromatic carbocycles. The Balaban J connectivity index is 2.08. The number of fused-ring (bicyclic) bond motifs is 1. The van der Waals surface area contributed by atoms with E-state index in [1.54, 1.807) is 6.07 Å². The number of aliphatic hydroxyl groups is 1. The third kappa shape index (κ3) is 4.39. The predicted molar refractivity (Wildman–Crippen MR) is 117 cm³/mol. The van der Waals surface area contributed by atoms with Gasteiger partial charge in [-0.2, -0.15) is 4.31 Å². The van der Waals surface area contributed by atoms with Gasteiger partial charge in [-0.3, -0.25) is 4.79 Å². The SMILES string of the molecule is COC(=O)c1ccccc1S(=O)(=O)N(CCO)Cc1cc2ccc(C)c(C)c2[nH]c1=O. The molecule has 9 heteroatoms. The number of hydrogen-bond acceptors (Lipinski definition) is 6. The van der Waals surface area contributed by atoms with Crippen LogP contribution in [-0.4, -0.2) is 49.0 Å². The van der Waals surface area contributed by atoms with Crippen LogP contribution in [0.2, 0.25) is 0 Å². The molecule has 3 aromatic rings. The second-order valence-electron chi connectivity index (χ2n) is 7.15. The molecule has 0 spiro atoms. The van der Waals surface area contributed by atoms with Crippen molar-refractivity contribution < 1.29 is 23.1 Å². The third-order valence-corrected chi connectivity index (χ3v) is 7.14. The average molecular weight is 445 g/mol. The van der Waals surface area contributed by atoms with Crippen LogP contribution in [-0.2, 0) is 21.3 Å². The van der Waals surface area contributed by atoms with E-state index in [9.17, 15) is 23.1 Å². The van der Waals surface area contributed by atoms with Gasteiger partial charge >= 0.3 is 5.97 Å². The van der Waals surface area contributed by atoms with Crippen LogP contribution in [0.3, 0.4) is 0 Å². The van der Waals surface area contributed by atoms with Gasteiger partial charge in [0.1, 0.15) is 0 Å². The Kier molecular flexibility index (Phi) is 6.59. The summed E-state index contributed by atoms with van der Waals surface area (Å²) in [6, 6.07) is 11.1. The molecule has 0 aliphatic heterocycles. The summed E-state index contributed by atoms with van der Waals surface area (Å²) in [5.41, 5.74) is 2.35. The largest absolute Gasteiger partial charge is 0.465 e. The number of sulfonamides is 1. The lowest BCUT2D eigenvalue weighted by atomic mass is 10.0. The van der Waals surface area contributed by atoms with Crippen molar-refractivity contribution in [3.8, 4) is 0 Å². The lowest BCUT2D eigenvalue weighted by molar-refractivity contribution is 0.0596. The standard InChI is InChI=1S/C22H24N2O6S/c1-14-8-9-16-12-17(21(26)23-20(16)15(14)2)13-24(10-11-25)31(28,29)19-7-5-4-6-18(19)22(27)30-3/h4-9,12,25H,10-11,13H2,1-3H3,(H,23,26). The molecule has 0 aliphatic rings. The number of carbonyl (C=O) groups excluding carboxylic acids is 1. The van der Waals surface area contributed by atoms with E-state index in [4.69, 9.17) is 4.74 Å². The second-order valence-corrected chi connectivity index (χ2v) is 9.05. The lowest BCUT2D eigenvalue weighted by Gasteiger charge is -2.22. The minimum absolute atomic E-state index is 0.119. The van der Waals surface area contributed by atoms with Crippen molar-refractivity contribution in [2.24, 2.45) is 0 Å². The van der Waals surface area contributed by atoms with Crippen LogP contribution in [0, 0.1) is 13.8 Å². The molecule has 0 atom stereocenters. The molecule has 3 rings (SSSR count). The number of methoxy groups -OCH3 is 1. The molecule has 0 radical (unpaired) electrons. The van der Waals surface area contributed by atoms with E-state index in [0.29, 0.717) is 5.52 Å². The van der Waals surface area contributed by atoms with Crippen LogP contribution < -0.4 is 5.56 Å². The number of rotatable bonds is 7. The van der Waals surface area contributed by atoms with Crippen molar-refractivity contribution in [1.82, 2.24) is 9.29 Å². The Labute approximate surface area is 180 Å². The van der Waals surface area contributed by atoms with Gasteiger partial charge in [-0.15, -0.1) is 0 Å². The van der Waals surface area contributed by atoms with E-state index >= 15 is 0 Å². The average Bonchev–Trinajstić information content (AvgIpc) is 2.76. The number of nitrogens with one attached hydrogen (secondary N) is 1. The topological polar surface area (TPSA) is 117 Å². The molecule has 0 fully saturated rings. The first-order valence-electron chi connectivity index (χ1n) is 9.61. The number of pyridine rings is 1. The minimum Gasteiger partial charge on any atom is -0.465 e. The fourth-order valence-corrected chi connectivity index (χ4v) is 4.97. The molecule has 8 nitrogen and oxygen atoms in total. The van der Waals surface area contributed by atoms with Crippen LogP contribution in [0.15, 0.2) is 52.2 Å². The highest BCUT2D eigenvalue weighted by molar-refractivity contribution is 7.89. The zero-order valence-corrected chi connectivity index (χ0v) is 18.3. The van der Waals surface area contributed by atoms with E-state index in [2.05, 4.69) is 4.98 Å². The molecule has 0 saturated heterocycles. The highest BCUT2D eigenvalue weighted by atomic mass is 32.2. The molecule has 0 bridgehead atoms. The maximum absolute atomic E-state index is 13.3. The summed E-state index contributed by atoms with van der Waals surface area (Å²) in [5.74, 6) is -0.794. The number of aromatic nitrogens is 1. The summed E-state index contributed by atoms with van der Waals surface area (Å²) in [6.45, 7) is 2.87. The van der Waals surface area contributed by atoms with Crippen molar-refractivity contribution in [3.63, 3.8) is 0 Å². The van der Waals surface area contributed by atoms with Gasteiger partial charge < -0.3 is 14.8 Å². The first kappa shape index (κ1) is 22.7. The van der Waals surface area contributed by atoms with E-state index in [0.717, 1.165) is 27.9 Å². The highest BCUT2D eigenvalue weighted by Gasteiger charge is 2.29. The molecule has 0 aliphatic carbocycles. The number of esters is 1. The van der Waals surface area contributed by atoms with Crippen molar-refractivity contribution in [1.29, 1.82) is 0 Å². The van der Waals surface area contributed by atoms with Gasteiger partial charge in [-0.1, -0.05) is 24.3 Å². The van der Waals surface area contributed by atoms with Gasteiger partial charge in [0.2, 0.25) is 10.0 Å². The van der Waals surface area contributed by atoms with Gasteiger partial charge in [0.15, 0.2) is 0 Å². The molecule has 0 amide bonds. The molecule has 0 saturated carbocycles. The third-order valence-electron chi connectivity index (χ3n) is 5.23. The summed E-state index contributed by atoms with van der Waals surface area (Å²) < 4.78 is 32.3. The Morgan fingerprint density at radius 3 is 2.55 bits per heavy atom. The van der Waals surface area contributed by atoms with Gasteiger partial charge in [-0.25, -0.2) is 13.2 Å². The van der Waals surface area contributed by atoms with Crippen LogP contribution in [0.4, 0.5) is 0 Å². The Hall–Kier alpha value is -3.01. The first-order chi connectivity index (χ1) is 14.7. The fraction of sp³-hybridized carbons (Fsp3) is 0.273. The number of hydrogen-bond donors (Lipinski definition) is 2. The van der Waals surface area contributed by atoms with E-state index < -0.39 is 28.2 Å². The molecule has 164 valence electrons. The number of aliphatic hydroxyl groups excluding tert-OH is 1. The molecular weight excluding hydrogens is 420 g/mol. The number of aryl methyl sites for hydroxylation is 2. The Morgan fingerprint density at radius 2 is 1.87 bits per heavy atom. The van der Waals surface area contributed by atoms with Gasteiger partial charge in [0.05, 0.1) is 29.7 Å². The molecule has 1 heterocycles. The van der Waals surface area contributed by atoms with Crippen molar-refractivity contribution in [2.45, 2.75) is 25.3 Å². The highest BCUT2D eigenvalue weighted by Crippen LogP contribution is 2.24.